The molecule has 1 saturated heterocycles. The molecule has 1 aromatic carbocycles. The Kier molecular flexibility index (Phi) is 5.31. The zero-order valence-corrected chi connectivity index (χ0v) is 12.5. The second kappa shape index (κ2) is 7.00. The van der Waals surface area contributed by atoms with E-state index in [1.54, 1.807) is 0 Å². The number of ether oxygens (including phenoxy) is 1. The van der Waals surface area contributed by atoms with E-state index in [0.29, 0.717) is 17.7 Å². The molecular weight excluding hydrogens is 273 g/mol. The van der Waals surface area contributed by atoms with Gasteiger partial charge in [0.1, 0.15) is 5.82 Å². The minimum Gasteiger partial charge on any atom is -0.465 e. The van der Waals surface area contributed by atoms with Crippen molar-refractivity contribution < 1.29 is 19.0 Å². The number of aliphatic hydroxyl groups excluding tert-OH is 1. The fourth-order valence-corrected chi connectivity index (χ4v) is 2.96. The lowest BCUT2D eigenvalue weighted by Gasteiger charge is -2.40. The van der Waals surface area contributed by atoms with Crippen LogP contribution >= 0.6 is 0 Å². The fraction of sp³-hybridized carbons (Fsp3) is 0.562. The van der Waals surface area contributed by atoms with E-state index in [9.17, 15) is 14.3 Å². The molecule has 0 saturated carbocycles. The van der Waals surface area contributed by atoms with Gasteiger partial charge in [-0.3, -0.25) is 4.90 Å². The first-order valence-electron chi connectivity index (χ1n) is 7.30. The zero-order valence-electron chi connectivity index (χ0n) is 12.5. The molecule has 116 valence electrons. The quantitative estimate of drug-likeness (QED) is 0.866. The highest BCUT2D eigenvalue weighted by atomic mass is 19.1. The third-order valence-corrected chi connectivity index (χ3v) is 4.22. The number of carbonyl (C=O) groups excluding carboxylic acids is 1. The van der Waals surface area contributed by atoms with Crippen LogP contribution in [-0.4, -0.2) is 41.8 Å². The lowest BCUT2D eigenvalue weighted by Crippen LogP contribution is -2.46. The first-order chi connectivity index (χ1) is 10.1. The summed E-state index contributed by atoms with van der Waals surface area (Å²) in [4.78, 5) is 13.7. The normalized spacial score (nSPS) is 23.0. The first kappa shape index (κ1) is 15.9. The predicted molar refractivity (Wildman–Crippen MR) is 77.5 cm³/mol. The molecule has 2 atom stereocenters. The van der Waals surface area contributed by atoms with Gasteiger partial charge in [-0.25, -0.2) is 9.18 Å². The van der Waals surface area contributed by atoms with Crippen LogP contribution < -0.4 is 0 Å². The largest absolute Gasteiger partial charge is 0.465 e. The van der Waals surface area contributed by atoms with Crippen molar-refractivity contribution >= 4 is 5.97 Å². The molecule has 0 radical (unpaired) electrons. The van der Waals surface area contributed by atoms with Crippen LogP contribution in [0.15, 0.2) is 18.2 Å². The summed E-state index contributed by atoms with van der Waals surface area (Å²) in [5.41, 5.74) is 0.809. The van der Waals surface area contributed by atoms with Crippen LogP contribution in [0.2, 0.25) is 0 Å². The minimum atomic E-state index is -0.471. The number of piperidine rings is 1. The van der Waals surface area contributed by atoms with Gasteiger partial charge in [-0.2, -0.15) is 0 Å². The summed E-state index contributed by atoms with van der Waals surface area (Å²) >= 11 is 0. The van der Waals surface area contributed by atoms with Crippen molar-refractivity contribution in [3.8, 4) is 0 Å². The molecule has 4 nitrogen and oxygen atoms in total. The Bertz CT molecular complexity index is 506. The van der Waals surface area contributed by atoms with Crippen molar-refractivity contribution in [2.24, 2.45) is 0 Å². The topological polar surface area (TPSA) is 49.8 Å². The number of carbonyl (C=O) groups is 1. The zero-order chi connectivity index (χ0) is 15.4. The van der Waals surface area contributed by atoms with Crippen LogP contribution in [0, 0.1) is 5.82 Å². The number of benzene rings is 1. The summed E-state index contributed by atoms with van der Waals surface area (Å²) in [7, 11) is 1.31. The molecule has 5 heteroatoms. The summed E-state index contributed by atoms with van der Waals surface area (Å²) in [6.45, 7) is 2.55. The van der Waals surface area contributed by atoms with E-state index < -0.39 is 5.97 Å². The average molecular weight is 295 g/mol. The molecule has 1 heterocycles. The Morgan fingerprint density at radius 1 is 1.48 bits per heavy atom. The fourth-order valence-electron chi connectivity index (χ4n) is 2.96. The first-order valence-corrected chi connectivity index (χ1v) is 7.30. The number of aliphatic hydroxyl groups is 1. The van der Waals surface area contributed by atoms with Gasteiger partial charge in [0.2, 0.25) is 0 Å². The van der Waals surface area contributed by atoms with E-state index in [-0.39, 0.29) is 24.5 Å². The maximum absolute atomic E-state index is 14.0. The summed E-state index contributed by atoms with van der Waals surface area (Å²) in [6.07, 6.45) is 3.03. The molecule has 1 fully saturated rings. The number of nitrogens with zero attached hydrogens (tertiary/aromatic N) is 1. The minimum absolute atomic E-state index is 0.0509. The van der Waals surface area contributed by atoms with E-state index in [2.05, 4.69) is 16.6 Å². The molecule has 1 aromatic rings. The Morgan fingerprint density at radius 2 is 2.24 bits per heavy atom. The van der Waals surface area contributed by atoms with Gasteiger partial charge in [-0.1, -0.05) is 6.42 Å². The Hall–Kier alpha value is -1.46. The van der Waals surface area contributed by atoms with E-state index in [4.69, 9.17) is 0 Å². The van der Waals surface area contributed by atoms with E-state index >= 15 is 0 Å². The van der Waals surface area contributed by atoms with Crippen molar-refractivity contribution in [1.82, 2.24) is 4.90 Å². The summed E-state index contributed by atoms with van der Waals surface area (Å²) in [5.74, 6) is -0.807. The smallest absolute Gasteiger partial charge is 0.337 e. The standard InChI is InChI=1S/C16H22FNO3/c1-11-4-3-5-14(10-19)18(11)9-13-8-12(16(20)21-2)6-7-15(13)17/h6-8,11,14,19H,3-5,9-10H2,1-2H3. The number of likely N-dealkylation sites (tertiary alicyclic amines) is 1. The van der Waals surface area contributed by atoms with Gasteiger partial charge in [0, 0.05) is 24.2 Å². The predicted octanol–water partition coefficient (Wildman–Crippen LogP) is 2.35. The molecule has 1 aliphatic heterocycles. The van der Waals surface area contributed by atoms with Crippen LogP contribution in [0.4, 0.5) is 4.39 Å². The number of methoxy groups -OCH3 is 1. The number of esters is 1. The van der Waals surface area contributed by atoms with Crippen LogP contribution in [-0.2, 0) is 11.3 Å². The van der Waals surface area contributed by atoms with E-state index in [1.165, 1.54) is 25.3 Å². The molecule has 0 aliphatic carbocycles. The second-order valence-electron chi connectivity index (χ2n) is 5.59. The third-order valence-electron chi connectivity index (χ3n) is 4.22. The van der Waals surface area contributed by atoms with Crippen LogP contribution in [0.5, 0.6) is 0 Å². The molecule has 1 aliphatic rings. The van der Waals surface area contributed by atoms with Gasteiger partial charge in [0.25, 0.3) is 0 Å². The van der Waals surface area contributed by atoms with Crippen molar-refractivity contribution in [1.29, 1.82) is 0 Å². The number of rotatable bonds is 4. The highest BCUT2D eigenvalue weighted by Gasteiger charge is 2.28. The SMILES string of the molecule is COC(=O)c1ccc(F)c(CN2C(C)CCCC2CO)c1. The molecular formula is C16H22FNO3. The van der Waals surface area contributed by atoms with E-state index in [1.807, 2.05) is 0 Å². The maximum Gasteiger partial charge on any atom is 0.337 e. The summed E-state index contributed by atoms with van der Waals surface area (Å²) in [5, 5.41) is 9.50. The number of hydrogen-bond donors (Lipinski definition) is 1. The summed E-state index contributed by atoms with van der Waals surface area (Å²) in [6, 6.07) is 4.60. The lowest BCUT2D eigenvalue weighted by molar-refractivity contribution is 0.0442. The molecule has 0 aromatic heterocycles. The monoisotopic (exact) mass is 295 g/mol. The van der Waals surface area contributed by atoms with Crippen molar-refractivity contribution in [2.45, 2.75) is 44.8 Å². The third kappa shape index (κ3) is 3.60. The molecule has 0 spiro atoms. The Labute approximate surface area is 124 Å². The maximum atomic E-state index is 14.0. The Balaban J connectivity index is 2.22. The van der Waals surface area contributed by atoms with Gasteiger partial charge in [-0.15, -0.1) is 0 Å². The number of halogens is 1. The molecule has 2 unspecified atom stereocenters. The van der Waals surface area contributed by atoms with Crippen molar-refractivity contribution in [3.05, 3.63) is 35.1 Å². The van der Waals surface area contributed by atoms with Crippen molar-refractivity contribution in [2.75, 3.05) is 13.7 Å². The van der Waals surface area contributed by atoms with E-state index in [0.717, 1.165) is 19.3 Å². The average Bonchev–Trinajstić information content (AvgIpc) is 2.50. The highest BCUT2D eigenvalue weighted by Crippen LogP contribution is 2.25. The summed E-state index contributed by atoms with van der Waals surface area (Å²) < 4.78 is 18.7. The van der Waals surface area contributed by atoms with Crippen molar-refractivity contribution in [3.63, 3.8) is 0 Å². The lowest BCUT2D eigenvalue weighted by atomic mass is 9.95. The highest BCUT2D eigenvalue weighted by molar-refractivity contribution is 5.89. The number of hydrogen-bond acceptors (Lipinski definition) is 4. The second-order valence-corrected chi connectivity index (χ2v) is 5.59. The van der Waals surface area contributed by atoms with Gasteiger partial charge >= 0.3 is 5.97 Å². The van der Waals surface area contributed by atoms with Crippen LogP contribution in [0.3, 0.4) is 0 Å². The Morgan fingerprint density at radius 3 is 2.90 bits per heavy atom. The van der Waals surface area contributed by atoms with Gasteiger partial charge in [-0.05, 0) is 38.0 Å². The van der Waals surface area contributed by atoms with Gasteiger partial charge in [0.05, 0.1) is 19.3 Å². The van der Waals surface area contributed by atoms with Gasteiger partial charge < -0.3 is 9.84 Å². The van der Waals surface area contributed by atoms with Crippen LogP contribution in [0.1, 0.15) is 42.1 Å². The molecule has 21 heavy (non-hydrogen) atoms. The molecule has 1 N–H and O–H groups in total. The molecule has 0 amide bonds. The van der Waals surface area contributed by atoms with Gasteiger partial charge in [0.15, 0.2) is 0 Å². The molecule has 0 bridgehead atoms. The van der Waals surface area contributed by atoms with Crippen LogP contribution in [0.25, 0.3) is 0 Å². The molecule has 2 rings (SSSR count).